The van der Waals surface area contributed by atoms with E-state index in [9.17, 15) is 4.79 Å². The summed E-state index contributed by atoms with van der Waals surface area (Å²) in [4.78, 5) is 20.1. The van der Waals surface area contributed by atoms with E-state index in [0.29, 0.717) is 32.0 Å². The predicted octanol–water partition coefficient (Wildman–Crippen LogP) is 1.14. The number of piperidine rings is 1. The van der Waals surface area contributed by atoms with Gasteiger partial charge in [0.1, 0.15) is 18.2 Å². The van der Waals surface area contributed by atoms with Crippen LogP contribution in [0.5, 0.6) is 0 Å². The van der Waals surface area contributed by atoms with Crippen molar-refractivity contribution < 1.29 is 9.53 Å². The molecule has 116 valence electrons. The van der Waals surface area contributed by atoms with Crippen molar-refractivity contribution in [2.24, 2.45) is 0 Å². The van der Waals surface area contributed by atoms with Gasteiger partial charge in [-0.15, -0.1) is 0 Å². The van der Waals surface area contributed by atoms with Gasteiger partial charge in [0.2, 0.25) is 5.91 Å². The zero-order valence-corrected chi connectivity index (χ0v) is 12.6. The van der Waals surface area contributed by atoms with Gasteiger partial charge in [0.05, 0.1) is 0 Å². The Morgan fingerprint density at radius 2 is 2.19 bits per heavy atom. The topological polar surface area (TPSA) is 88.2 Å². The van der Waals surface area contributed by atoms with Gasteiger partial charge in [-0.3, -0.25) is 4.79 Å². The van der Waals surface area contributed by atoms with Crippen molar-refractivity contribution in [3.63, 3.8) is 0 Å². The number of carbonyl (C=O) groups excluding carboxylic acids is 1. The number of nitrogens with zero attached hydrogens (tertiary/aromatic N) is 2. The second-order valence-corrected chi connectivity index (χ2v) is 4.91. The molecule has 1 aliphatic heterocycles. The Morgan fingerprint density at radius 1 is 1.38 bits per heavy atom. The summed E-state index contributed by atoms with van der Waals surface area (Å²) < 4.78 is 5.37. The third-order valence-corrected chi connectivity index (χ3v) is 3.18. The highest BCUT2D eigenvalue weighted by molar-refractivity contribution is 5.77. The number of aromatic nitrogens is 2. The molecule has 0 radical (unpaired) electrons. The molecule has 0 bridgehead atoms. The fourth-order valence-electron chi connectivity index (χ4n) is 2.17. The molecular formula is C14H23N5O2. The largest absolute Gasteiger partial charge is 0.374 e. The number of nitrogens with one attached hydrogen (secondary N) is 3. The number of hydrogen-bond acceptors (Lipinski definition) is 6. The van der Waals surface area contributed by atoms with Gasteiger partial charge >= 0.3 is 0 Å². The maximum atomic E-state index is 11.2. The summed E-state index contributed by atoms with van der Waals surface area (Å²) in [6.07, 6.45) is 1.36. The van der Waals surface area contributed by atoms with E-state index in [1.54, 1.807) is 0 Å². The molecule has 0 saturated carbocycles. The number of anilines is 2. The zero-order chi connectivity index (χ0) is 15.1. The summed E-state index contributed by atoms with van der Waals surface area (Å²) in [5.74, 6) is 2.31. The zero-order valence-electron chi connectivity index (χ0n) is 12.6. The normalized spacial score (nSPS) is 18.2. The van der Waals surface area contributed by atoms with Gasteiger partial charge in [0.15, 0.2) is 5.82 Å². The molecule has 7 nitrogen and oxygen atoms in total. The SMILES string of the molecule is CCNc1cc(NC2CCC(=O)NC2)nc(COCC)n1. The van der Waals surface area contributed by atoms with Gasteiger partial charge in [-0.05, 0) is 20.3 Å². The van der Waals surface area contributed by atoms with Crippen LogP contribution in [-0.2, 0) is 16.1 Å². The number of ether oxygens (including phenoxy) is 1. The molecule has 21 heavy (non-hydrogen) atoms. The van der Waals surface area contributed by atoms with Crippen LogP contribution in [0.15, 0.2) is 6.07 Å². The van der Waals surface area contributed by atoms with Crippen molar-refractivity contribution in [3.8, 4) is 0 Å². The number of carbonyl (C=O) groups is 1. The minimum absolute atomic E-state index is 0.112. The lowest BCUT2D eigenvalue weighted by Crippen LogP contribution is -2.42. The highest BCUT2D eigenvalue weighted by Gasteiger charge is 2.18. The smallest absolute Gasteiger partial charge is 0.220 e. The van der Waals surface area contributed by atoms with Crippen molar-refractivity contribution in [1.29, 1.82) is 0 Å². The average molecular weight is 293 g/mol. The van der Waals surface area contributed by atoms with Crippen LogP contribution >= 0.6 is 0 Å². The fraction of sp³-hybridized carbons (Fsp3) is 0.643. The first kappa shape index (κ1) is 15.5. The molecule has 0 aromatic carbocycles. The standard InChI is InChI=1S/C14H23N5O2/c1-3-15-11-7-12(19-13(18-11)9-21-4-2)17-10-5-6-14(20)16-8-10/h7,10H,3-6,8-9H2,1-2H3,(H,16,20)(H2,15,17,18,19). The summed E-state index contributed by atoms with van der Waals surface area (Å²) in [6.45, 7) is 6.41. The van der Waals surface area contributed by atoms with Gasteiger partial charge in [-0.1, -0.05) is 0 Å². The molecule has 2 heterocycles. The van der Waals surface area contributed by atoms with Crippen LogP contribution in [0, 0.1) is 0 Å². The summed E-state index contributed by atoms with van der Waals surface area (Å²) in [7, 11) is 0. The quantitative estimate of drug-likeness (QED) is 0.698. The van der Waals surface area contributed by atoms with Crippen LogP contribution in [0.1, 0.15) is 32.5 Å². The Labute approximate surface area is 124 Å². The first-order valence-electron chi connectivity index (χ1n) is 7.44. The minimum Gasteiger partial charge on any atom is -0.374 e. The van der Waals surface area contributed by atoms with Crippen LogP contribution in [0.3, 0.4) is 0 Å². The maximum absolute atomic E-state index is 11.2. The van der Waals surface area contributed by atoms with Crippen molar-refractivity contribution in [2.45, 2.75) is 39.3 Å². The van der Waals surface area contributed by atoms with Gasteiger partial charge in [0, 0.05) is 38.2 Å². The number of hydrogen-bond donors (Lipinski definition) is 3. The fourth-order valence-corrected chi connectivity index (χ4v) is 2.17. The summed E-state index contributed by atoms with van der Waals surface area (Å²) >= 11 is 0. The predicted molar refractivity (Wildman–Crippen MR) is 81.2 cm³/mol. The first-order valence-corrected chi connectivity index (χ1v) is 7.44. The van der Waals surface area contributed by atoms with Gasteiger partial charge in [-0.25, -0.2) is 9.97 Å². The van der Waals surface area contributed by atoms with Gasteiger partial charge in [0.25, 0.3) is 0 Å². The number of rotatable bonds is 7. The monoisotopic (exact) mass is 293 g/mol. The maximum Gasteiger partial charge on any atom is 0.220 e. The second-order valence-electron chi connectivity index (χ2n) is 4.91. The number of amides is 1. The Kier molecular flexibility index (Phi) is 5.74. The molecule has 0 spiro atoms. The molecule has 7 heteroatoms. The van der Waals surface area contributed by atoms with E-state index in [4.69, 9.17) is 4.74 Å². The molecule has 1 aromatic rings. The Morgan fingerprint density at radius 3 is 2.86 bits per heavy atom. The molecule has 1 aromatic heterocycles. The Bertz CT molecular complexity index is 470. The highest BCUT2D eigenvalue weighted by Crippen LogP contribution is 2.15. The highest BCUT2D eigenvalue weighted by atomic mass is 16.5. The second kappa shape index (κ2) is 7.78. The summed E-state index contributed by atoms with van der Waals surface area (Å²) in [5.41, 5.74) is 0. The third kappa shape index (κ3) is 4.86. The molecule has 3 N–H and O–H groups in total. The van der Waals surface area contributed by atoms with Crippen LogP contribution in [0.4, 0.5) is 11.6 Å². The Balaban J connectivity index is 2.05. The van der Waals surface area contributed by atoms with E-state index >= 15 is 0 Å². The molecule has 1 fully saturated rings. The van der Waals surface area contributed by atoms with E-state index < -0.39 is 0 Å². The van der Waals surface area contributed by atoms with Gasteiger partial charge in [-0.2, -0.15) is 0 Å². The summed E-state index contributed by atoms with van der Waals surface area (Å²) in [5, 5.41) is 9.40. The van der Waals surface area contributed by atoms with Crippen LogP contribution < -0.4 is 16.0 Å². The lowest BCUT2D eigenvalue weighted by molar-refractivity contribution is -0.122. The molecule has 1 aliphatic rings. The minimum atomic E-state index is 0.112. The van der Waals surface area contributed by atoms with Crippen LogP contribution in [0.25, 0.3) is 0 Å². The molecule has 0 aliphatic carbocycles. The molecular weight excluding hydrogens is 270 g/mol. The summed E-state index contributed by atoms with van der Waals surface area (Å²) in [6, 6.07) is 2.09. The van der Waals surface area contributed by atoms with Crippen LogP contribution in [0.2, 0.25) is 0 Å². The molecule has 1 atom stereocenters. The van der Waals surface area contributed by atoms with Crippen molar-refractivity contribution >= 4 is 17.5 Å². The van der Waals surface area contributed by atoms with Crippen molar-refractivity contribution in [3.05, 3.63) is 11.9 Å². The first-order chi connectivity index (χ1) is 10.2. The molecule has 1 amide bonds. The van der Waals surface area contributed by atoms with E-state index in [1.807, 2.05) is 19.9 Å². The Hall–Kier alpha value is -1.89. The van der Waals surface area contributed by atoms with E-state index in [-0.39, 0.29) is 11.9 Å². The van der Waals surface area contributed by atoms with E-state index in [2.05, 4.69) is 25.9 Å². The van der Waals surface area contributed by atoms with E-state index in [0.717, 1.165) is 24.6 Å². The van der Waals surface area contributed by atoms with Gasteiger partial charge < -0.3 is 20.7 Å². The van der Waals surface area contributed by atoms with Crippen LogP contribution in [-0.4, -0.2) is 41.6 Å². The lowest BCUT2D eigenvalue weighted by atomic mass is 10.1. The van der Waals surface area contributed by atoms with Crippen molar-refractivity contribution in [1.82, 2.24) is 15.3 Å². The van der Waals surface area contributed by atoms with Crippen molar-refractivity contribution in [2.75, 3.05) is 30.3 Å². The molecule has 1 saturated heterocycles. The third-order valence-electron chi connectivity index (χ3n) is 3.18. The average Bonchev–Trinajstić information content (AvgIpc) is 2.48. The van der Waals surface area contributed by atoms with E-state index in [1.165, 1.54) is 0 Å². The molecule has 2 rings (SSSR count). The molecule has 1 unspecified atom stereocenters. The lowest BCUT2D eigenvalue weighted by Gasteiger charge is -2.24.